The molecule has 0 saturated carbocycles. The van der Waals surface area contributed by atoms with Crippen LogP contribution in [0.5, 0.6) is 17.2 Å². The number of nitrogens with zero attached hydrogens (tertiary/aromatic N) is 1. The summed E-state index contributed by atoms with van der Waals surface area (Å²) in [6.45, 7) is 1.53. The Morgan fingerprint density at radius 3 is 2.51 bits per heavy atom. The number of hydrogen-bond donors (Lipinski definition) is 1. The van der Waals surface area contributed by atoms with E-state index in [1.807, 2.05) is 36.4 Å². The highest BCUT2D eigenvalue weighted by atomic mass is 35.5. The van der Waals surface area contributed by atoms with Crippen molar-refractivity contribution in [3.8, 4) is 17.2 Å². The van der Waals surface area contributed by atoms with E-state index in [0.717, 1.165) is 5.56 Å². The molecule has 2 aliphatic heterocycles. The van der Waals surface area contributed by atoms with E-state index in [9.17, 15) is 9.59 Å². The molecule has 2 heterocycles. The van der Waals surface area contributed by atoms with Crippen molar-refractivity contribution in [3.05, 3.63) is 82.9 Å². The highest BCUT2D eigenvalue weighted by Gasteiger charge is 2.29. The Bertz CT molecular complexity index is 1220. The maximum Gasteiger partial charge on any atom is 0.257 e. The van der Waals surface area contributed by atoms with Gasteiger partial charge in [-0.1, -0.05) is 35.9 Å². The first-order valence-electron chi connectivity index (χ1n) is 11.5. The Kier molecular flexibility index (Phi) is 6.77. The quantitative estimate of drug-likeness (QED) is 0.515. The molecule has 2 amide bonds. The summed E-state index contributed by atoms with van der Waals surface area (Å²) in [6.07, 6.45) is 1.19. The van der Waals surface area contributed by atoms with Gasteiger partial charge in [0.15, 0.2) is 11.5 Å². The van der Waals surface area contributed by atoms with Crippen LogP contribution in [0.2, 0.25) is 5.02 Å². The molecule has 5 rings (SSSR count). The monoisotopic (exact) mass is 492 g/mol. The van der Waals surface area contributed by atoms with Crippen molar-refractivity contribution in [3.63, 3.8) is 0 Å². The number of likely N-dealkylation sites (tertiary alicyclic amines) is 1. The highest BCUT2D eigenvalue weighted by Crippen LogP contribution is 2.34. The molecule has 180 valence electrons. The number of carbonyl (C=O) groups is 2. The van der Waals surface area contributed by atoms with Gasteiger partial charge in [0.2, 0.25) is 12.7 Å². The third kappa shape index (κ3) is 5.35. The number of halogens is 1. The Hall–Kier alpha value is -3.71. The summed E-state index contributed by atoms with van der Waals surface area (Å²) in [6, 6.07) is 20.0. The van der Waals surface area contributed by atoms with E-state index < -0.39 is 0 Å². The zero-order valence-electron chi connectivity index (χ0n) is 19.0. The molecule has 0 radical (unpaired) electrons. The molecule has 0 atom stereocenters. The van der Waals surface area contributed by atoms with Crippen LogP contribution in [0.3, 0.4) is 0 Å². The van der Waals surface area contributed by atoms with E-state index in [2.05, 4.69) is 5.32 Å². The van der Waals surface area contributed by atoms with Gasteiger partial charge in [-0.3, -0.25) is 9.59 Å². The van der Waals surface area contributed by atoms with Crippen molar-refractivity contribution < 1.29 is 23.8 Å². The van der Waals surface area contributed by atoms with Gasteiger partial charge in [-0.05, 0) is 54.8 Å². The minimum atomic E-state index is -0.166. The Morgan fingerprint density at radius 1 is 0.971 bits per heavy atom. The van der Waals surface area contributed by atoms with Crippen molar-refractivity contribution in [2.75, 3.05) is 25.2 Å². The van der Waals surface area contributed by atoms with E-state index >= 15 is 0 Å². The van der Waals surface area contributed by atoms with Crippen LogP contribution in [0.4, 0.5) is 5.69 Å². The van der Waals surface area contributed by atoms with Gasteiger partial charge in [0.1, 0.15) is 12.4 Å². The summed E-state index contributed by atoms with van der Waals surface area (Å²) in [5, 5.41) is 3.62. The normalized spacial score (nSPS) is 15.1. The molecular weight excluding hydrogens is 468 g/mol. The number of benzene rings is 3. The van der Waals surface area contributed by atoms with E-state index in [1.165, 1.54) is 0 Å². The smallest absolute Gasteiger partial charge is 0.257 e. The summed E-state index contributed by atoms with van der Waals surface area (Å²) < 4.78 is 16.6. The van der Waals surface area contributed by atoms with Gasteiger partial charge in [-0.25, -0.2) is 0 Å². The predicted octanol–water partition coefficient (Wildman–Crippen LogP) is 5.14. The topological polar surface area (TPSA) is 77.1 Å². The number of ether oxygens (including phenoxy) is 3. The number of amides is 2. The van der Waals surface area contributed by atoms with Gasteiger partial charge in [-0.15, -0.1) is 0 Å². The highest BCUT2D eigenvalue weighted by molar-refractivity contribution is 6.30. The SMILES string of the molecule is O=C(Nc1ccc2c(c1)OCO2)C1CCN(C(=O)c2ccccc2OCc2ccc(Cl)cc2)CC1. The van der Waals surface area contributed by atoms with Crippen molar-refractivity contribution >= 4 is 29.1 Å². The summed E-state index contributed by atoms with van der Waals surface area (Å²) in [7, 11) is 0. The molecule has 0 aliphatic carbocycles. The lowest BCUT2D eigenvalue weighted by atomic mass is 9.95. The zero-order valence-corrected chi connectivity index (χ0v) is 19.8. The minimum absolute atomic E-state index is 0.0531. The van der Waals surface area contributed by atoms with E-state index in [1.54, 1.807) is 35.2 Å². The molecule has 3 aromatic rings. The van der Waals surface area contributed by atoms with Crippen molar-refractivity contribution in [1.29, 1.82) is 0 Å². The van der Waals surface area contributed by atoms with Crippen molar-refractivity contribution in [2.45, 2.75) is 19.4 Å². The third-order valence-electron chi connectivity index (χ3n) is 6.22. The number of anilines is 1. The standard InChI is InChI=1S/C27H25ClN2O5/c28-20-7-5-18(6-8-20)16-33-23-4-2-1-3-22(23)27(32)30-13-11-19(12-14-30)26(31)29-21-9-10-24-25(15-21)35-17-34-24/h1-10,15,19H,11-14,16-17H2,(H,29,31). The Balaban J connectivity index is 1.17. The van der Waals surface area contributed by atoms with Crippen LogP contribution in [0, 0.1) is 5.92 Å². The van der Waals surface area contributed by atoms with Crippen LogP contribution in [-0.4, -0.2) is 36.6 Å². The average Bonchev–Trinajstić information content (AvgIpc) is 3.36. The second kappa shape index (κ2) is 10.3. The zero-order chi connectivity index (χ0) is 24.2. The summed E-state index contributed by atoms with van der Waals surface area (Å²) in [5.41, 5.74) is 2.15. The predicted molar refractivity (Wildman–Crippen MR) is 132 cm³/mol. The first-order valence-corrected chi connectivity index (χ1v) is 11.9. The summed E-state index contributed by atoms with van der Waals surface area (Å²) >= 11 is 5.95. The maximum absolute atomic E-state index is 13.3. The minimum Gasteiger partial charge on any atom is -0.488 e. The van der Waals surface area contributed by atoms with Gasteiger partial charge in [-0.2, -0.15) is 0 Å². The first kappa shape index (κ1) is 23.1. The Labute approximate surface area is 208 Å². The third-order valence-corrected chi connectivity index (χ3v) is 6.47. The van der Waals surface area contributed by atoms with Crippen LogP contribution in [0.25, 0.3) is 0 Å². The Morgan fingerprint density at radius 2 is 1.71 bits per heavy atom. The number of rotatable bonds is 6. The van der Waals surface area contributed by atoms with Gasteiger partial charge in [0.05, 0.1) is 5.56 Å². The van der Waals surface area contributed by atoms with Crippen LogP contribution in [0.1, 0.15) is 28.8 Å². The maximum atomic E-state index is 13.3. The van der Waals surface area contributed by atoms with E-state index in [4.69, 9.17) is 25.8 Å². The van der Waals surface area contributed by atoms with Gasteiger partial charge < -0.3 is 24.4 Å². The lowest BCUT2D eigenvalue weighted by Crippen LogP contribution is -2.41. The fourth-order valence-corrected chi connectivity index (χ4v) is 4.37. The van der Waals surface area contributed by atoms with Crippen molar-refractivity contribution in [1.82, 2.24) is 4.90 Å². The molecule has 3 aromatic carbocycles. The van der Waals surface area contributed by atoms with Crippen LogP contribution in [0.15, 0.2) is 66.7 Å². The molecule has 1 saturated heterocycles. The molecular formula is C27H25ClN2O5. The molecule has 7 nitrogen and oxygen atoms in total. The van der Waals surface area contributed by atoms with Crippen LogP contribution >= 0.6 is 11.6 Å². The number of hydrogen-bond acceptors (Lipinski definition) is 5. The number of carbonyl (C=O) groups excluding carboxylic acids is 2. The number of piperidine rings is 1. The average molecular weight is 493 g/mol. The van der Waals surface area contributed by atoms with Crippen molar-refractivity contribution in [2.24, 2.45) is 5.92 Å². The number of nitrogens with one attached hydrogen (secondary N) is 1. The van der Waals surface area contributed by atoms with E-state index in [0.29, 0.717) is 66.1 Å². The molecule has 0 bridgehead atoms. The lowest BCUT2D eigenvalue weighted by molar-refractivity contribution is -0.121. The molecule has 0 aromatic heterocycles. The second-order valence-corrected chi connectivity index (χ2v) is 8.97. The molecule has 8 heteroatoms. The fourth-order valence-electron chi connectivity index (χ4n) is 4.24. The lowest BCUT2D eigenvalue weighted by Gasteiger charge is -2.31. The molecule has 2 aliphatic rings. The number of para-hydroxylation sites is 1. The molecule has 1 fully saturated rings. The van der Waals surface area contributed by atoms with E-state index in [-0.39, 0.29) is 24.5 Å². The number of fused-ring (bicyclic) bond motifs is 1. The van der Waals surface area contributed by atoms with Crippen LogP contribution < -0.4 is 19.5 Å². The largest absolute Gasteiger partial charge is 0.488 e. The molecule has 0 spiro atoms. The summed E-state index contributed by atoms with van der Waals surface area (Å²) in [5.74, 6) is 1.53. The fraction of sp³-hybridized carbons (Fsp3) is 0.259. The first-order chi connectivity index (χ1) is 17.1. The molecule has 0 unspecified atom stereocenters. The van der Waals surface area contributed by atoms with Gasteiger partial charge in [0.25, 0.3) is 5.91 Å². The molecule has 35 heavy (non-hydrogen) atoms. The summed E-state index contributed by atoms with van der Waals surface area (Å²) in [4.78, 5) is 27.8. The second-order valence-electron chi connectivity index (χ2n) is 8.54. The van der Waals surface area contributed by atoms with Gasteiger partial charge in [0, 0.05) is 35.8 Å². The molecule has 1 N–H and O–H groups in total. The van der Waals surface area contributed by atoms with Crippen LogP contribution in [-0.2, 0) is 11.4 Å². The van der Waals surface area contributed by atoms with Gasteiger partial charge >= 0.3 is 0 Å².